The summed E-state index contributed by atoms with van der Waals surface area (Å²) >= 11 is 12.1. The van der Waals surface area contributed by atoms with Gasteiger partial charge in [-0.25, -0.2) is 4.68 Å². The summed E-state index contributed by atoms with van der Waals surface area (Å²) in [5, 5.41) is 17.2. The molecule has 0 atom stereocenters. The van der Waals surface area contributed by atoms with Crippen LogP contribution in [0.25, 0.3) is 17.1 Å². The summed E-state index contributed by atoms with van der Waals surface area (Å²) < 4.78 is 1.62. The van der Waals surface area contributed by atoms with Crippen molar-refractivity contribution in [2.24, 2.45) is 7.05 Å². The van der Waals surface area contributed by atoms with Gasteiger partial charge in [0.2, 0.25) is 5.82 Å². The van der Waals surface area contributed by atoms with Gasteiger partial charge >= 0.3 is 0 Å². The van der Waals surface area contributed by atoms with Crippen molar-refractivity contribution in [1.82, 2.24) is 30.0 Å². The molecule has 0 amide bonds. The van der Waals surface area contributed by atoms with Crippen molar-refractivity contribution < 1.29 is 0 Å². The van der Waals surface area contributed by atoms with Gasteiger partial charge in [-0.1, -0.05) is 23.2 Å². The van der Waals surface area contributed by atoms with Crippen molar-refractivity contribution in [3.63, 3.8) is 0 Å². The summed E-state index contributed by atoms with van der Waals surface area (Å²) in [6.45, 7) is 0. The quantitative estimate of drug-likeness (QED) is 0.728. The molecule has 0 bridgehead atoms. The SMILES string of the molecule is Cn1nnc(-c2cnn(-c3cc(Cl)ccc3Cl)c2)n1. The van der Waals surface area contributed by atoms with Crippen molar-refractivity contribution in [2.45, 2.75) is 0 Å². The molecule has 3 aromatic rings. The van der Waals surface area contributed by atoms with Crippen LogP contribution in [-0.4, -0.2) is 30.0 Å². The molecule has 3 rings (SSSR count). The van der Waals surface area contributed by atoms with Crippen LogP contribution >= 0.6 is 23.2 Å². The van der Waals surface area contributed by atoms with Crippen LogP contribution in [0.5, 0.6) is 0 Å². The third-order valence-electron chi connectivity index (χ3n) is 2.50. The first kappa shape index (κ1) is 12.1. The number of aryl methyl sites for hydroxylation is 1. The molecule has 0 unspecified atom stereocenters. The van der Waals surface area contributed by atoms with Crippen LogP contribution in [0.3, 0.4) is 0 Å². The standard InChI is InChI=1S/C11H8Cl2N6/c1-18-16-11(15-17-18)7-5-14-19(6-7)10-4-8(12)2-3-9(10)13/h2-6H,1H3. The molecule has 0 saturated carbocycles. The Balaban J connectivity index is 2.03. The highest BCUT2D eigenvalue weighted by Gasteiger charge is 2.10. The van der Waals surface area contributed by atoms with E-state index in [9.17, 15) is 0 Å². The fourth-order valence-electron chi connectivity index (χ4n) is 1.63. The summed E-state index contributed by atoms with van der Waals surface area (Å²) in [7, 11) is 1.70. The van der Waals surface area contributed by atoms with Crippen molar-refractivity contribution in [3.05, 3.63) is 40.6 Å². The third kappa shape index (κ3) is 2.32. The van der Waals surface area contributed by atoms with Crippen LogP contribution in [0.2, 0.25) is 10.0 Å². The lowest BCUT2D eigenvalue weighted by Crippen LogP contribution is -1.95. The predicted octanol–water partition coefficient (Wildman–Crippen LogP) is 2.37. The fraction of sp³-hybridized carbons (Fsp3) is 0.0909. The molecule has 2 aromatic heterocycles. The number of aromatic nitrogens is 6. The van der Waals surface area contributed by atoms with E-state index >= 15 is 0 Å². The first-order valence-corrected chi connectivity index (χ1v) is 6.13. The third-order valence-corrected chi connectivity index (χ3v) is 3.06. The van der Waals surface area contributed by atoms with Gasteiger partial charge in [0.1, 0.15) is 0 Å². The second kappa shape index (κ2) is 4.64. The topological polar surface area (TPSA) is 61.4 Å². The van der Waals surface area contributed by atoms with E-state index in [1.54, 1.807) is 42.3 Å². The molecule has 0 saturated heterocycles. The van der Waals surface area contributed by atoms with Crippen molar-refractivity contribution in [2.75, 3.05) is 0 Å². The lowest BCUT2D eigenvalue weighted by molar-refractivity contribution is 0.630. The zero-order chi connectivity index (χ0) is 13.4. The minimum atomic E-state index is 0.506. The second-order valence-electron chi connectivity index (χ2n) is 3.87. The van der Waals surface area contributed by atoms with E-state index in [4.69, 9.17) is 23.2 Å². The van der Waals surface area contributed by atoms with Crippen LogP contribution in [0.15, 0.2) is 30.6 Å². The Morgan fingerprint density at radius 2 is 2.05 bits per heavy atom. The fourth-order valence-corrected chi connectivity index (χ4v) is 2.00. The average molecular weight is 295 g/mol. The van der Waals surface area contributed by atoms with Crippen LogP contribution in [-0.2, 0) is 7.05 Å². The Hall–Kier alpha value is -1.92. The van der Waals surface area contributed by atoms with Gasteiger partial charge < -0.3 is 0 Å². The molecule has 8 heteroatoms. The number of hydrogen-bond acceptors (Lipinski definition) is 4. The van der Waals surface area contributed by atoms with E-state index in [1.807, 2.05) is 0 Å². The maximum absolute atomic E-state index is 6.12. The first-order valence-electron chi connectivity index (χ1n) is 5.38. The predicted molar refractivity (Wildman–Crippen MR) is 71.4 cm³/mol. The molecule has 0 aliphatic heterocycles. The highest BCUT2D eigenvalue weighted by molar-refractivity contribution is 6.34. The molecule has 1 aromatic carbocycles. The first-order chi connectivity index (χ1) is 9.13. The van der Waals surface area contributed by atoms with Crippen molar-refractivity contribution >= 4 is 23.2 Å². The molecule has 6 nitrogen and oxygen atoms in total. The molecule has 0 radical (unpaired) electrons. The average Bonchev–Trinajstić information content (AvgIpc) is 3.00. The zero-order valence-corrected chi connectivity index (χ0v) is 11.3. The number of halogens is 2. The Bertz CT molecular complexity index is 732. The minimum Gasteiger partial charge on any atom is -0.239 e. The molecule has 0 aliphatic rings. The van der Waals surface area contributed by atoms with E-state index in [0.29, 0.717) is 21.6 Å². The number of tetrazole rings is 1. The highest BCUT2D eigenvalue weighted by Crippen LogP contribution is 2.25. The summed E-state index contributed by atoms with van der Waals surface area (Å²) in [5.74, 6) is 0.506. The lowest BCUT2D eigenvalue weighted by Gasteiger charge is -2.03. The summed E-state index contributed by atoms with van der Waals surface area (Å²) in [5.41, 5.74) is 1.45. The van der Waals surface area contributed by atoms with E-state index in [1.165, 1.54) is 4.80 Å². The van der Waals surface area contributed by atoms with Gasteiger partial charge in [-0.15, -0.1) is 10.2 Å². The van der Waals surface area contributed by atoms with E-state index in [0.717, 1.165) is 5.56 Å². The number of rotatable bonds is 2. The van der Waals surface area contributed by atoms with Gasteiger partial charge in [-0.2, -0.15) is 9.90 Å². The van der Waals surface area contributed by atoms with E-state index < -0.39 is 0 Å². The van der Waals surface area contributed by atoms with Gasteiger partial charge in [-0.3, -0.25) is 0 Å². The second-order valence-corrected chi connectivity index (χ2v) is 4.72. The van der Waals surface area contributed by atoms with Gasteiger partial charge in [0.25, 0.3) is 0 Å². The molecule has 0 aliphatic carbocycles. The molecule has 2 heterocycles. The van der Waals surface area contributed by atoms with Crippen LogP contribution in [0, 0.1) is 0 Å². The Kier molecular flexibility index (Phi) is 2.96. The van der Waals surface area contributed by atoms with Gasteiger partial charge in [0, 0.05) is 11.2 Å². The largest absolute Gasteiger partial charge is 0.239 e. The Morgan fingerprint density at radius 1 is 1.21 bits per heavy atom. The summed E-state index contributed by atoms with van der Waals surface area (Å²) in [6, 6.07) is 5.19. The van der Waals surface area contributed by atoms with Gasteiger partial charge in [0.05, 0.1) is 29.5 Å². The number of benzene rings is 1. The monoisotopic (exact) mass is 294 g/mol. The van der Waals surface area contributed by atoms with Gasteiger partial charge in [0.15, 0.2) is 0 Å². The molecule has 19 heavy (non-hydrogen) atoms. The number of hydrogen-bond donors (Lipinski definition) is 0. The van der Waals surface area contributed by atoms with Crippen LogP contribution in [0.1, 0.15) is 0 Å². The molecule has 96 valence electrons. The molecule has 0 N–H and O–H groups in total. The zero-order valence-electron chi connectivity index (χ0n) is 9.83. The molecule has 0 fully saturated rings. The van der Waals surface area contributed by atoms with Gasteiger partial charge in [-0.05, 0) is 23.4 Å². The van der Waals surface area contributed by atoms with E-state index in [2.05, 4.69) is 20.5 Å². The lowest BCUT2D eigenvalue weighted by atomic mass is 10.3. The molecular weight excluding hydrogens is 287 g/mol. The van der Waals surface area contributed by atoms with Crippen LogP contribution in [0.4, 0.5) is 0 Å². The maximum atomic E-state index is 6.12. The van der Waals surface area contributed by atoms with Crippen LogP contribution < -0.4 is 0 Å². The summed E-state index contributed by atoms with van der Waals surface area (Å²) in [4.78, 5) is 1.39. The minimum absolute atomic E-state index is 0.506. The number of nitrogens with zero attached hydrogens (tertiary/aromatic N) is 6. The normalized spacial score (nSPS) is 10.9. The van der Waals surface area contributed by atoms with E-state index in [-0.39, 0.29) is 0 Å². The van der Waals surface area contributed by atoms with Crippen molar-refractivity contribution in [1.29, 1.82) is 0 Å². The smallest absolute Gasteiger partial charge is 0.208 e. The molecule has 0 spiro atoms. The Morgan fingerprint density at radius 3 is 2.79 bits per heavy atom. The summed E-state index contributed by atoms with van der Waals surface area (Å²) in [6.07, 6.45) is 3.42. The van der Waals surface area contributed by atoms with Crippen molar-refractivity contribution in [3.8, 4) is 17.1 Å². The maximum Gasteiger partial charge on any atom is 0.208 e. The molecular formula is C11H8Cl2N6. The Labute approximate surface area is 118 Å². The highest BCUT2D eigenvalue weighted by atomic mass is 35.5.